The Bertz CT molecular complexity index is 826. The molecule has 1 atom stereocenters. The number of nitrogens with zero attached hydrogens (tertiary/aromatic N) is 1. The second-order valence-corrected chi connectivity index (χ2v) is 6.65. The minimum atomic E-state index is -0.799. The summed E-state index contributed by atoms with van der Waals surface area (Å²) < 4.78 is 10.8. The molecule has 0 radical (unpaired) electrons. The first-order valence-electron chi connectivity index (χ1n) is 8.38. The van der Waals surface area contributed by atoms with Gasteiger partial charge in [-0.2, -0.15) is 0 Å². The summed E-state index contributed by atoms with van der Waals surface area (Å²) in [6.45, 7) is 3.92. The molecule has 0 spiro atoms. The number of H-pyrrole nitrogens is 1. The molecule has 134 valence electrons. The van der Waals surface area contributed by atoms with Crippen LogP contribution in [-0.4, -0.2) is 48.9 Å². The maximum atomic E-state index is 12.3. The number of nitrogens with one attached hydrogen (secondary N) is 1. The topological polar surface area (TPSA) is 71.6 Å². The van der Waals surface area contributed by atoms with Gasteiger partial charge in [-0.15, -0.1) is 0 Å². The molecule has 1 N–H and O–H groups in total. The molecule has 1 aliphatic rings. The van der Waals surface area contributed by atoms with E-state index < -0.39 is 5.54 Å². The van der Waals surface area contributed by atoms with Crippen molar-refractivity contribution in [3.8, 4) is 5.75 Å². The largest absolute Gasteiger partial charge is 0.497 e. The summed E-state index contributed by atoms with van der Waals surface area (Å²) in [5.41, 5.74) is 2.20. The van der Waals surface area contributed by atoms with Crippen molar-refractivity contribution in [1.29, 1.82) is 0 Å². The first kappa shape index (κ1) is 17.5. The fourth-order valence-electron chi connectivity index (χ4n) is 4.08. The molecule has 1 aromatic heterocycles. The van der Waals surface area contributed by atoms with Crippen LogP contribution in [0.5, 0.6) is 5.75 Å². The van der Waals surface area contributed by atoms with Gasteiger partial charge in [0, 0.05) is 43.6 Å². The highest BCUT2D eigenvalue weighted by atomic mass is 16.5. The number of ketones is 1. The van der Waals surface area contributed by atoms with E-state index in [-0.39, 0.29) is 24.7 Å². The predicted octanol–water partition coefficient (Wildman–Crippen LogP) is 2.40. The summed E-state index contributed by atoms with van der Waals surface area (Å²) in [5, 5.41) is 1.07. The van der Waals surface area contributed by atoms with Gasteiger partial charge in [-0.05, 0) is 37.1 Å². The number of fused-ring (bicyclic) bond motifs is 3. The van der Waals surface area contributed by atoms with Gasteiger partial charge < -0.3 is 19.4 Å². The zero-order valence-electron chi connectivity index (χ0n) is 15.1. The minimum absolute atomic E-state index is 0.0207. The quantitative estimate of drug-likeness (QED) is 0.904. The lowest BCUT2D eigenvalue weighted by atomic mass is 9.81. The van der Waals surface area contributed by atoms with Crippen molar-refractivity contribution in [2.75, 3.05) is 27.4 Å². The van der Waals surface area contributed by atoms with Crippen LogP contribution >= 0.6 is 0 Å². The maximum Gasteiger partial charge on any atom is 0.220 e. The Hall–Kier alpha value is -2.34. The van der Waals surface area contributed by atoms with Gasteiger partial charge >= 0.3 is 0 Å². The summed E-state index contributed by atoms with van der Waals surface area (Å²) in [6.07, 6.45) is 0.947. The molecule has 3 rings (SSSR count). The van der Waals surface area contributed by atoms with Crippen LogP contribution in [0.2, 0.25) is 0 Å². The van der Waals surface area contributed by atoms with E-state index in [1.807, 2.05) is 18.2 Å². The van der Waals surface area contributed by atoms with E-state index in [2.05, 4.69) is 4.98 Å². The number of carbonyl (C=O) groups excluding carboxylic acids is 2. The van der Waals surface area contributed by atoms with Gasteiger partial charge in [0.2, 0.25) is 5.91 Å². The van der Waals surface area contributed by atoms with Crippen molar-refractivity contribution in [2.45, 2.75) is 32.2 Å². The molecule has 0 saturated heterocycles. The van der Waals surface area contributed by atoms with Crippen LogP contribution in [0.3, 0.4) is 0 Å². The molecule has 0 bridgehead atoms. The highest BCUT2D eigenvalue weighted by molar-refractivity contribution is 5.89. The summed E-state index contributed by atoms with van der Waals surface area (Å²) in [6, 6.07) is 5.87. The molecule has 2 heterocycles. The SMILES string of the molecule is COCC1(CC(C)=O)c2[nH]c3ccc(OC)cc3c2CCN1C(C)=O. The number of hydrogen-bond donors (Lipinski definition) is 1. The first-order chi connectivity index (χ1) is 11.9. The van der Waals surface area contributed by atoms with Crippen molar-refractivity contribution < 1.29 is 19.1 Å². The van der Waals surface area contributed by atoms with Gasteiger partial charge in [-0.25, -0.2) is 0 Å². The van der Waals surface area contributed by atoms with Crippen molar-refractivity contribution in [2.24, 2.45) is 0 Å². The third kappa shape index (κ3) is 2.80. The van der Waals surface area contributed by atoms with Gasteiger partial charge in [0.25, 0.3) is 0 Å². The monoisotopic (exact) mass is 344 g/mol. The summed E-state index contributed by atoms with van der Waals surface area (Å²) in [4.78, 5) is 29.6. The number of hydrogen-bond acceptors (Lipinski definition) is 4. The lowest BCUT2D eigenvalue weighted by Gasteiger charge is -2.46. The highest BCUT2D eigenvalue weighted by Crippen LogP contribution is 2.42. The average molecular weight is 344 g/mol. The van der Waals surface area contributed by atoms with Crippen LogP contribution in [-0.2, 0) is 26.3 Å². The molecule has 0 aliphatic carbocycles. The molecule has 1 amide bonds. The molecule has 25 heavy (non-hydrogen) atoms. The van der Waals surface area contributed by atoms with Crippen molar-refractivity contribution in [3.63, 3.8) is 0 Å². The van der Waals surface area contributed by atoms with E-state index in [9.17, 15) is 9.59 Å². The maximum absolute atomic E-state index is 12.3. The van der Waals surface area contributed by atoms with E-state index in [4.69, 9.17) is 9.47 Å². The Morgan fingerprint density at radius 2 is 2.04 bits per heavy atom. The molecule has 1 aromatic carbocycles. The average Bonchev–Trinajstić information content (AvgIpc) is 2.93. The lowest BCUT2D eigenvalue weighted by Crippen LogP contribution is -2.56. The fraction of sp³-hybridized carbons (Fsp3) is 0.474. The second kappa shape index (κ2) is 6.52. The third-order valence-corrected chi connectivity index (χ3v) is 4.99. The normalized spacial score (nSPS) is 19.8. The molecular weight excluding hydrogens is 320 g/mol. The Morgan fingerprint density at radius 1 is 1.28 bits per heavy atom. The molecule has 6 heteroatoms. The Kier molecular flexibility index (Phi) is 4.56. The summed E-state index contributed by atoms with van der Waals surface area (Å²) in [7, 11) is 3.24. The van der Waals surface area contributed by atoms with Gasteiger partial charge in [0.1, 0.15) is 17.1 Å². The van der Waals surface area contributed by atoms with Crippen molar-refractivity contribution in [3.05, 3.63) is 29.5 Å². The molecule has 2 aromatic rings. The zero-order valence-corrected chi connectivity index (χ0v) is 15.1. The van der Waals surface area contributed by atoms with Crippen LogP contribution in [0.15, 0.2) is 18.2 Å². The number of benzene rings is 1. The van der Waals surface area contributed by atoms with Crippen molar-refractivity contribution in [1.82, 2.24) is 9.88 Å². The van der Waals surface area contributed by atoms with E-state index in [1.54, 1.807) is 33.0 Å². The highest BCUT2D eigenvalue weighted by Gasteiger charge is 2.47. The van der Waals surface area contributed by atoms with Gasteiger partial charge in [0.05, 0.1) is 13.7 Å². The minimum Gasteiger partial charge on any atom is -0.497 e. The van der Waals surface area contributed by atoms with Crippen molar-refractivity contribution >= 4 is 22.6 Å². The molecule has 1 unspecified atom stereocenters. The van der Waals surface area contributed by atoms with Crippen LogP contribution in [0.4, 0.5) is 0 Å². The summed E-state index contributed by atoms with van der Waals surface area (Å²) >= 11 is 0. The fourth-order valence-corrected chi connectivity index (χ4v) is 4.08. The molecular formula is C19H24N2O4. The molecule has 6 nitrogen and oxygen atoms in total. The van der Waals surface area contributed by atoms with Gasteiger partial charge in [-0.1, -0.05) is 0 Å². The number of amides is 1. The number of Topliss-reactive ketones (excluding diaryl/α,β-unsaturated/α-hetero) is 1. The number of carbonyl (C=O) groups is 2. The summed E-state index contributed by atoms with van der Waals surface area (Å²) in [5.74, 6) is 0.750. The van der Waals surface area contributed by atoms with Crippen LogP contribution < -0.4 is 4.74 Å². The van der Waals surface area contributed by atoms with E-state index >= 15 is 0 Å². The Morgan fingerprint density at radius 3 is 2.64 bits per heavy atom. The number of aromatic amines is 1. The number of methoxy groups -OCH3 is 2. The van der Waals surface area contributed by atoms with E-state index in [0.717, 1.165) is 34.3 Å². The lowest BCUT2D eigenvalue weighted by molar-refractivity contribution is -0.142. The Labute approximate surface area is 147 Å². The van der Waals surface area contributed by atoms with Crippen LogP contribution in [0.25, 0.3) is 10.9 Å². The standard InChI is InChI=1S/C19H24N2O4/c1-12(22)10-19(11-24-3)18-15(7-8-21(19)13(2)23)16-9-14(25-4)5-6-17(16)20-18/h5-6,9,20H,7-8,10-11H2,1-4H3. The van der Waals surface area contributed by atoms with E-state index in [0.29, 0.717) is 6.54 Å². The van der Waals surface area contributed by atoms with Crippen LogP contribution in [0.1, 0.15) is 31.5 Å². The number of aromatic nitrogens is 1. The second-order valence-electron chi connectivity index (χ2n) is 6.65. The van der Waals surface area contributed by atoms with Gasteiger partial charge in [-0.3, -0.25) is 9.59 Å². The molecule has 0 saturated carbocycles. The molecule has 1 aliphatic heterocycles. The van der Waals surface area contributed by atoms with Gasteiger partial charge in [0.15, 0.2) is 0 Å². The predicted molar refractivity (Wildman–Crippen MR) is 94.8 cm³/mol. The zero-order chi connectivity index (χ0) is 18.2. The first-order valence-corrected chi connectivity index (χ1v) is 8.38. The van der Waals surface area contributed by atoms with Crippen LogP contribution in [0, 0.1) is 0 Å². The Balaban J connectivity index is 2.26. The number of rotatable bonds is 5. The molecule has 0 fully saturated rings. The van der Waals surface area contributed by atoms with E-state index in [1.165, 1.54) is 0 Å². The smallest absolute Gasteiger partial charge is 0.220 e. The third-order valence-electron chi connectivity index (χ3n) is 4.99. The number of ether oxygens (including phenoxy) is 2.